The summed E-state index contributed by atoms with van der Waals surface area (Å²) in [6, 6.07) is 22.1. The van der Waals surface area contributed by atoms with Crippen LogP contribution in [0.3, 0.4) is 0 Å². The summed E-state index contributed by atoms with van der Waals surface area (Å²) >= 11 is 0. The number of hydrogen-bond donors (Lipinski definition) is 0. The van der Waals surface area contributed by atoms with Crippen LogP contribution in [0.4, 0.5) is 0 Å². The molecule has 0 atom stereocenters. The van der Waals surface area contributed by atoms with E-state index < -0.39 is 0 Å². The Morgan fingerprint density at radius 1 is 0.500 bits per heavy atom. The Morgan fingerprint density at radius 3 is 1.08 bits per heavy atom. The Kier molecular flexibility index (Phi) is 5.49. The first-order valence-electron chi connectivity index (χ1n) is 7.50. The van der Waals surface area contributed by atoms with Crippen molar-refractivity contribution in [3.05, 3.63) is 81.2 Å². The topological polar surface area (TPSA) is 95.2 Å². The van der Waals surface area contributed by atoms with Gasteiger partial charge in [-0.3, -0.25) is 0 Å². The second kappa shape index (κ2) is 7.94. The SMILES string of the molecule is C=c1ccc(=C)cc1.N#Cc1c(C#N)c(C#N)c2ccccc2c1C#N. The van der Waals surface area contributed by atoms with Crippen LogP contribution in [0.5, 0.6) is 0 Å². The maximum atomic E-state index is 9.14. The van der Waals surface area contributed by atoms with E-state index in [0.29, 0.717) is 10.8 Å². The Balaban J connectivity index is 0.000000254. The van der Waals surface area contributed by atoms with Crippen LogP contribution in [0, 0.1) is 45.3 Å². The summed E-state index contributed by atoms with van der Waals surface area (Å²) in [5.41, 5.74) is 0.220. The van der Waals surface area contributed by atoms with Gasteiger partial charge in [-0.2, -0.15) is 21.0 Å². The number of benzene rings is 3. The molecule has 0 saturated heterocycles. The lowest BCUT2D eigenvalue weighted by Gasteiger charge is -2.06. The first-order chi connectivity index (χ1) is 12.6. The molecule has 0 N–H and O–H groups in total. The Labute approximate surface area is 151 Å². The van der Waals surface area contributed by atoms with Crippen LogP contribution in [0.2, 0.25) is 0 Å². The van der Waals surface area contributed by atoms with E-state index in [-0.39, 0.29) is 22.3 Å². The van der Waals surface area contributed by atoms with Crippen molar-refractivity contribution < 1.29 is 0 Å². The maximum Gasteiger partial charge on any atom is 0.102 e. The highest BCUT2D eigenvalue weighted by atomic mass is 14.3. The molecule has 0 spiro atoms. The van der Waals surface area contributed by atoms with E-state index in [1.165, 1.54) is 0 Å². The Hall–Kier alpha value is -4.38. The molecule has 0 aliphatic rings. The lowest BCUT2D eigenvalue weighted by molar-refractivity contribution is 1.39. The second-order valence-electron chi connectivity index (χ2n) is 5.31. The first-order valence-corrected chi connectivity index (χ1v) is 7.50. The van der Waals surface area contributed by atoms with Gasteiger partial charge in [0, 0.05) is 10.8 Å². The quantitative estimate of drug-likeness (QED) is 0.632. The molecule has 0 radical (unpaired) electrons. The number of hydrogen-bond acceptors (Lipinski definition) is 4. The zero-order chi connectivity index (χ0) is 19.1. The van der Waals surface area contributed by atoms with E-state index in [0.717, 1.165) is 10.4 Å². The van der Waals surface area contributed by atoms with Crippen molar-refractivity contribution >= 4 is 23.9 Å². The van der Waals surface area contributed by atoms with Crippen LogP contribution in [-0.2, 0) is 0 Å². The Morgan fingerprint density at radius 2 is 0.808 bits per heavy atom. The van der Waals surface area contributed by atoms with Crippen LogP contribution < -0.4 is 10.4 Å². The third kappa shape index (κ3) is 3.42. The average molecular weight is 332 g/mol. The van der Waals surface area contributed by atoms with Gasteiger partial charge >= 0.3 is 0 Å². The summed E-state index contributed by atoms with van der Waals surface area (Å²) in [6.45, 7) is 7.47. The Bertz CT molecular complexity index is 1140. The van der Waals surface area contributed by atoms with Crippen LogP contribution in [0.1, 0.15) is 22.3 Å². The number of rotatable bonds is 0. The predicted octanol–water partition coefficient (Wildman–Crippen LogP) is 2.83. The van der Waals surface area contributed by atoms with Gasteiger partial charge in [-0.05, 0) is 10.4 Å². The van der Waals surface area contributed by atoms with Crippen molar-refractivity contribution in [2.75, 3.05) is 0 Å². The molecule has 4 heteroatoms. The standard InChI is InChI=1S/C14H4N4.C8H8/c15-5-11-9-3-1-2-4-10(9)12(6-16)14(8-18)13(11)7-17;1-7-3-5-8(2)6-4-7/h1-4H;3-6H,1-2H2. The highest BCUT2D eigenvalue weighted by Crippen LogP contribution is 2.29. The molecule has 120 valence electrons. The fourth-order valence-corrected chi connectivity index (χ4v) is 2.43. The molecular formula is C22H12N4. The van der Waals surface area contributed by atoms with Crippen molar-refractivity contribution in [3.63, 3.8) is 0 Å². The summed E-state index contributed by atoms with van der Waals surface area (Å²) in [4.78, 5) is 0. The van der Waals surface area contributed by atoms with Gasteiger partial charge in [0.15, 0.2) is 0 Å². The molecule has 0 bridgehead atoms. The van der Waals surface area contributed by atoms with Gasteiger partial charge in [0.05, 0.1) is 22.3 Å². The van der Waals surface area contributed by atoms with E-state index in [1.807, 2.05) is 48.5 Å². The van der Waals surface area contributed by atoms with Gasteiger partial charge in [0.2, 0.25) is 0 Å². The molecule has 0 aromatic heterocycles. The summed E-state index contributed by atoms with van der Waals surface area (Å²) in [7, 11) is 0. The van der Waals surface area contributed by atoms with Crippen LogP contribution in [0.25, 0.3) is 23.9 Å². The minimum atomic E-state index is -0.0322. The minimum Gasteiger partial charge on any atom is -0.192 e. The monoisotopic (exact) mass is 332 g/mol. The van der Waals surface area contributed by atoms with Crippen molar-refractivity contribution in [3.8, 4) is 24.3 Å². The van der Waals surface area contributed by atoms with Crippen molar-refractivity contribution in [2.24, 2.45) is 0 Å². The van der Waals surface area contributed by atoms with Crippen LogP contribution in [0.15, 0.2) is 48.5 Å². The fourth-order valence-electron chi connectivity index (χ4n) is 2.43. The summed E-state index contributed by atoms with van der Waals surface area (Å²) < 4.78 is 0. The lowest BCUT2D eigenvalue weighted by Crippen LogP contribution is -2.02. The van der Waals surface area contributed by atoms with Gasteiger partial charge in [0.25, 0.3) is 0 Å². The molecule has 3 aromatic carbocycles. The third-order valence-corrected chi connectivity index (χ3v) is 3.69. The van der Waals surface area contributed by atoms with Gasteiger partial charge in [-0.15, -0.1) is 0 Å². The molecule has 0 saturated carbocycles. The van der Waals surface area contributed by atoms with Crippen LogP contribution in [-0.4, -0.2) is 0 Å². The largest absolute Gasteiger partial charge is 0.192 e. The van der Waals surface area contributed by atoms with Crippen molar-refractivity contribution in [1.29, 1.82) is 21.0 Å². The highest BCUT2D eigenvalue weighted by Gasteiger charge is 2.18. The molecule has 0 unspecified atom stereocenters. The zero-order valence-corrected chi connectivity index (χ0v) is 13.8. The second-order valence-corrected chi connectivity index (χ2v) is 5.31. The zero-order valence-electron chi connectivity index (χ0n) is 13.8. The fraction of sp³-hybridized carbons (Fsp3) is 0. The predicted molar refractivity (Wildman–Crippen MR) is 99.5 cm³/mol. The summed E-state index contributed by atoms with van der Waals surface area (Å²) in [6.07, 6.45) is 0. The number of nitriles is 4. The van der Waals surface area contributed by atoms with Crippen molar-refractivity contribution in [2.45, 2.75) is 0 Å². The smallest absolute Gasteiger partial charge is 0.102 e. The molecule has 3 rings (SSSR count). The van der Waals surface area contributed by atoms with Gasteiger partial charge in [0.1, 0.15) is 24.3 Å². The number of nitrogens with zero attached hydrogens (tertiary/aromatic N) is 4. The highest BCUT2D eigenvalue weighted by molar-refractivity contribution is 5.96. The van der Waals surface area contributed by atoms with Gasteiger partial charge in [-0.25, -0.2) is 0 Å². The molecule has 0 aliphatic heterocycles. The van der Waals surface area contributed by atoms with E-state index in [4.69, 9.17) is 21.0 Å². The van der Waals surface area contributed by atoms with E-state index in [9.17, 15) is 0 Å². The molecule has 0 aliphatic carbocycles. The molecule has 0 heterocycles. The molecule has 26 heavy (non-hydrogen) atoms. The molecular weight excluding hydrogens is 320 g/mol. The molecule has 4 nitrogen and oxygen atoms in total. The van der Waals surface area contributed by atoms with E-state index in [1.54, 1.807) is 24.3 Å². The summed E-state index contributed by atoms with van der Waals surface area (Å²) in [5.74, 6) is 0. The molecule has 3 aromatic rings. The maximum absolute atomic E-state index is 9.14. The van der Waals surface area contributed by atoms with E-state index in [2.05, 4.69) is 13.2 Å². The van der Waals surface area contributed by atoms with Crippen molar-refractivity contribution in [1.82, 2.24) is 0 Å². The normalized spacial score (nSPS) is 8.92. The average Bonchev–Trinajstić information content (AvgIpc) is 2.68. The van der Waals surface area contributed by atoms with Gasteiger partial charge in [-0.1, -0.05) is 61.7 Å². The first kappa shape index (κ1) is 18.0. The molecule has 0 fully saturated rings. The summed E-state index contributed by atoms with van der Waals surface area (Å²) in [5, 5.41) is 39.6. The van der Waals surface area contributed by atoms with Gasteiger partial charge < -0.3 is 0 Å². The third-order valence-electron chi connectivity index (χ3n) is 3.69. The van der Waals surface area contributed by atoms with E-state index >= 15 is 0 Å². The lowest BCUT2D eigenvalue weighted by atomic mass is 9.91. The minimum absolute atomic E-state index is 0.0322. The number of fused-ring (bicyclic) bond motifs is 1. The molecule has 0 amide bonds. The van der Waals surface area contributed by atoms with Crippen LogP contribution >= 0.6 is 0 Å².